The average Bonchev–Trinajstić information content (AvgIpc) is 2.77. The first kappa shape index (κ1) is 12.3. The van der Waals surface area contributed by atoms with E-state index in [2.05, 4.69) is 6.07 Å². The third-order valence-electron chi connectivity index (χ3n) is 4.16. The lowest BCUT2D eigenvalue weighted by Crippen LogP contribution is -2.28. The molecule has 3 heteroatoms. The van der Waals surface area contributed by atoms with Gasteiger partial charge in [-0.3, -0.25) is 0 Å². The summed E-state index contributed by atoms with van der Waals surface area (Å²) in [5, 5.41) is 0.842. The van der Waals surface area contributed by atoms with E-state index < -0.39 is 0 Å². The molecule has 3 rings (SSSR count). The Hall–Kier alpha value is -0.730. The first-order valence-corrected chi connectivity index (χ1v) is 7.30. The molecule has 1 aromatic rings. The van der Waals surface area contributed by atoms with Crippen molar-refractivity contribution >= 4 is 11.6 Å². The van der Waals surface area contributed by atoms with Gasteiger partial charge in [0, 0.05) is 17.5 Å². The van der Waals surface area contributed by atoms with Gasteiger partial charge in [0.15, 0.2) is 0 Å². The van der Waals surface area contributed by atoms with Gasteiger partial charge in [-0.05, 0) is 48.4 Å². The number of nitrogens with two attached hydrogens (primary N) is 1. The molecule has 98 valence electrons. The summed E-state index contributed by atoms with van der Waals surface area (Å²) in [5.41, 5.74) is 8.63. The van der Waals surface area contributed by atoms with E-state index in [0.29, 0.717) is 12.0 Å². The smallest absolute Gasteiger partial charge is 0.125 e. The lowest BCUT2D eigenvalue weighted by atomic mass is 9.82. The van der Waals surface area contributed by atoms with Gasteiger partial charge in [0.25, 0.3) is 0 Å². The highest BCUT2D eigenvalue weighted by Crippen LogP contribution is 2.36. The maximum atomic E-state index is 6.19. The Morgan fingerprint density at radius 1 is 1.33 bits per heavy atom. The van der Waals surface area contributed by atoms with Crippen molar-refractivity contribution in [3.63, 3.8) is 0 Å². The van der Waals surface area contributed by atoms with Crippen molar-refractivity contribution in [2.24, 2.45) is 11.7 Å². The number of hydrogen-bond donors (Lipinski definition) is 1. The molecule has 0 amide bonds. The molecule has 0 spiro atoms. The van der Waals surface area contributed by atoms with Crippen LogP contribution in [0.15, 0.2) is 12.1 Å². The van der Waals surface area contributed by atoms with Crippen molar-refractivity contribution in [3.05, 3.63) is 28.3 Å². The van der Waals surface area contributed by atoms with Crippen LogP contribution in [0.2, 0.25) is 5.02 Å². The largest absolute Gasteiger partial charge is 0.493 e. The molecule has 0 saturated heterocycles. The molecule has 1 fully saturated rings. The van der Waals surface area contributed by atoms with Crippen LogP contribution in [0.1, 0.15) is 36.8 Å². The quantitative estimate of drug-likeness (QED) is 0.890. The summed E-state index contributed by atoms with van der Waals surface area (Å²) in [6.45, 7) is 0.798. The number of rotatable bonds is 2. The maximum absolute atomic E-state index is 6.19. The summed E-state index contributed by atoms with van der Waals surface area (Å²) in [6, 6.07) is 4.50. The van der Waals surface area contributed by atoms with Crippen LogP contribution in [0.25, 0.3) is 0 Å². The lowest BCUT2D eigenvalue weighted by Gasteiger charge is -2.27. The second-order valence-electron chi connectivity index (χ2n) is 5.65. The number of hydrogen-bond acceptors (Lipinski definition) is 2. The third kappa shape index (κ3) is 2.50. The van der Waals surface area contributed by atoms with E-state index in [9.17, 15) is 0 Å². The number of fused-ring (bicyclic) bond motifs is 1. The molecule has 0 bridgehead atoms. The predicted octanol–water partition coefficient (Wildman–Crippen LogP) is 3.33. The van der Waals surface area contributed by atoms with E-state index in [4.69, 9.17) is 22.1 Å². The number of benzene rings is 1. The Morgan fingerprint density at radius 2 is 2.22 bits per heavy atom. The van der Waals surface area contributed by atoms with Crippen molar-refractivity contribution in [2.45, 2.75) is 44.6 Å². The molecule has 2 N–H and O–H groups in total. The lowest BCUT2D eigenvalue weighted by molar-refractivity contribution is 0.312. The molecule has 1 saturated carbocycles. The van der Waals surface area contributed by atoms with Gasteiger partial charge in [-0.1, -0.05) is 24.4 Å². The topological polar surface area (TPSA) is 35.2 Å². The van der Waals surface area contributed by atoms with Gasteiger partial charge in [-0.15, -0.1) is 0 Å². The summed E-state index contributed by atoms with van der Waals surface area (Å²) in [5.74, 6) is 1.79. The van der Waals surface area contributed by atoms with Gasteiger partial charge < -0.3 is 10.5 Å². The van der Waals surface area contributed by atoms with Crippen molar-refractivity contribution in [1.29, 1.82) is 0 Å². The summed E-state index contributed by atoms with van der Waals surface area (Å²) >= 11 is 6.19. The molecular weight excluding hydrogens is 246 g/mol. The van der Waals surface area contributed by atoms with E-state index >= 15 is 0 Å². The van der Waals surface area contributed by atoms with Crippen LogP contribution < -0.4 is 10.5 Å². The fourth-order valence-electron chi connectivity index (χ4n) is 3.33. The van der Waals surface area contributed by atoms with Crippen molar-refractivity contribution in [3.8, 4) is 5.75 Å². The minimum Gasteiger partial charge on any atom is -0.493 e. The fourth-order valence-corrected chi connectivity index (χ4v) is 3.59. The summed E-state index contributed by atoms with van der Waals surface area (Å²) in [6.07, 6.45) is 6.93. The van der Waals surface area contributed by atoms with Crippen molar-refractivity contribution in [2.75, 3.05) is 6.61 Å². The normalized spacial score (nSPS) is 26.8. The van der Waals surface area contributed by atoms with E-state index in [-0.39, 0.29) is 0 Å². The molecule has 2 nitrogen and oxygen atoms in total. The van der Waals surface area contributed by atoms with Crippen LogP contribution in [0.5, 0.6) is 5.75 Å². The summed E-state index contributed by atoms with van der Waals surface area (Å²) < 4.78 is 5.76. The highest BCUT2D eigenvalue weighted by Gasteiger charge is 2.23. The Morgan fingerprint density at radius 3 is 3.06 bits per heavy atom. The molecular formula is C15H20ClNO. The number of ether oxygens (including phenoxy) is 1. The molecule has 0 aromatic heterocycles. The first-order valence-electron chi connectivity index (χ1n) is 6.92. The molecule has 1 aromatic carbocycles. The van der Waals surface area contributed by atoms with Gasteiger partial charge in [0.2, 0.25) is 0 Å². The van der Waals surface area contributed by atoms with Crippen LogP contribution >= 0.6 is 11.6 Å². The molecule has 1 heterocycles. The van der Waals surface area contributed by atoms with Crippen LogP contribution in [0, 0.1) is 5.92 Å². The molecule has 2 unspecified atom stereocenters. The fraction of sp³-hybridized carbons (Fsp3) is 0.600. The second-order valence-corrected chi connectivity index (χ2v) is 6.08. The zero-order chi connectivity index (χ0) is 12.5. The van der Waals surface area contributed by atoms with E-state index in [0.717, 1.165) is 36.6 Å². The van der Waals surface area contributed by atoms with Gasteiger partial charge in [0.1, 0.15) is 5.75 Å². The minimum atomic E-state index is 0.386. The molecule has 1 aliphatic heterocycles. The van der Waals surface area contributed by atoms with Crippen LogP contribution in [0.3, 0.4) is 0 Å². The van der Waals surface area contributed by atoms with E-state index in [1.54, 1.807) is 0 Å². The number of halogens is 1. The Labute approximate surface area is 113 Å². The van der Waals surface area contributed by atoms with Gasteiger partial charge in [0.05, 0.1) is 6.61 Å². The molecule has 0 radical (unpaired) electrons. The molecule has 1 aliphatic carbocycles. The molecule has 2 aliphatic rings. The maximum Gasteiger partial charge on any atom is 0.125 e. The average molecular weight is 266 g/mol. The van der Waals surface area contributed by atoms with Gasteiger partial charge in [-0.25, -0.2) is 0 Å². The Balaban J connectivity index is 1.80. The zero-order valence-corrected chi connectivity index (χ0v) is 11.4. The standard InChI is InChI=1S/C15H20ClNO/c16-13-8-11-4-5-18-15(11)12(9-13)6-10-2-1-3-14(17)7-10/h8-10,14H,1-7,17H2. The first-order chi connectivity index (χ1) is 8.72. The zero-order valence-electron chi connectivity index (χ0n) is 10.6. The molecule has 2 atom stereocenters. The third-order valence-corrected chi connectivity index (χ3v) is 4.38. The summed E-state index contributed by atoms with van der Waals surface area (Å²) in [4.78, 5) is 0. The SMILES string of the molecule is NC1CCCC(Cc2cc(Cl)cc3c2OCC3)C1. The van der Waals surface area contributed by atoms with Crippen LogP contribution in [-0.2, 0) is 12.8 Å². The van der Waals surface area contributed by atoms with E-state index in [1.807, 2.05) is 6.07 Å². The van der Waals surface area contributed by atoms with Crippen LogP contribution in [0.4, 0.5) is 0 Å². The monoisotopic (exact) mass is 265 g/mol. The molecule has 18 heavy (non-hydrogen) atoms. The van der Waals surface area contributed by atoms with Gasteiger partial charge >= 0.3 is 0 Å². The minimum absolute atomic E-state index is 0.386. The second kappa shape index (κ2) is 5.10. The highest BCUT2D eigenvalue weighted by atomic mass is 35.5. The van der Waals surface area contributed by atoms with Crippen molar-refractivity contribution < 1.29 is 4.74 Å². The Bertz CT molecular complexity index is 446. The van der Waals surface area contributed by atoms with E-state index in [1.165, 1.54) is 30.4 Å². The Kier molecular flexibility index (Phi) is 3.49. The van der Waals surface area contributed by atoms with Crippen LogP contribution in [-0.4, -0.2) is 12.6 Å². The highest BCUT2D eigenvalue weighted by molar-refractivity contribution is 6.30. The summed E-state index contributed by atoms with van der Waals surface area (Å²) in [7, 11) is 0. The van der Waals surface area contributed by atoms with Crippen molar-refractivity contribution in [1.82, 2.24) is 0 Å². The predicted molar refractivity (Wildman–Crippen MR) is 74.3 cm³/mol. The van der Waals surface area contributed by atoms with Gasteiger partial charge in [-0.2, -0.15) is 0 Å².